The van der Waals surface area contributed by atoms with Crippen molar-refractivity contribution < 1.29 is 24.5 Å². The fourth-order valence-electron chi connectivity index (χ4n) is 5.50. The van der Waals surface area contributed by atoms with Crippen molar-refractivity contribution in [2.45, 2.75) is 103 Å². The molecule has 6 nitrogen and oxygen atoms in total. The Morgan fingerprint density at radius 2 is 1.76 bits per heavy atom. The molecule has 6 heteroatoms. The first-order valence-corrected chi connectivity index (χ1v) is 14.1. The lowest BCUT2D eigenvalue weighted by Crippen LogP contribution is -2.45. The molecule has 0 unspecified atom stereocenters. The Balaban J connectivity index is 1.50. The summed E-state index contributed by atoms with van der Waals surface area (Å²) in [6, 6.07) is 14.8. The van der Waals surface area contributed by atoms with Crippen molar-refractivity contribution in [1.82, 2.24) is 5.32 Å². The first-order valence-electron chi connectivity index (χ1n) is 14.1. The van der Waals surface area contributed by atoms with Gasteiger partial charge in [0.1, 0.15) is 5.75 Å². The number of hydrogen-bond donors (Lipinski definition) is 3. The molecule has 1 aliphatic carbocycles. The van der Waals surface area contributed by atoms with Crippen molar-refractivity contribution in [1.29, 1.82) is 0 Å². The van der Waals surface area contributed by atoms with Crippen molar-refractivity contribution >= 4 is 5.97 Å². The van der Waals surface area contributed by atoms with Gasteiger partial charge in [-0.15, -0.1) is 0 Å². The number of aliphatic carboxylic acids is 1. The Kier molecular flexibility index (Phi) is 11.2. The molecule has 1 aliphatic rings. The number of fused-ring (bicyclic) bond motifs is 1. The lowest BCUT2D eigenvalue weighted by molar-refractivity contribution is -0.137. The molecule has 0 heterocycles. The highest BCUT2D eigenvalue weighted by Crippen LogP contribution is 2.32. The Morgan fingerprint density at radius 1 is 1.08 bits per heavy atom. The summed E-state index contributed by atoms with van der Waals surface area (Å²) < 4.78 is 12.0. The van der Waals surface area contributed by atoms with Gasteiger partial charge in [0.2, 0.25) is 0 Å². The second-order valence-corrected chi connectivity index (χ2v) is 11.8. The fraction of sp³-hybridized carbons (Fsp3) is 0.594. The van der Waals surface area contributed by atoms with Crippen LogP contribution in [0.2, 0.25) is 0 Å². The third-order valence-electron chi connectivity index (χ3n) is 7.30. The van der Waals surface area contributed by atoms with Crippen molar-refractivity contribution in [3.63, 3.8) is 0 Å². The van der Waals surface area contributed by atoms with Crippen LogP contribution >= 0.6 is 0 Å². The van der Waals surface area contributed by atoms with Crippen LogP contribution in [0.25, 0.3) is 0 Å². The van der Waals surface area contributed by atoms with E-state index in [9.17, 15) is 9.90 Å². The SMILES string of the molecule is CC(C)Oc1ccc(CCCCC(=O)O)c([C@@H](C)OC[C@H](O)CNC(C)(C)CC2Cc3ccccc3C2)c1. The molecule has 0 saturated heterocycles. The fourth-order valence-corrected chi connectivity index (χ4v) is 5.50. The number of ether oxygens (including phenoxy) is 2. The van der Waals surface area contributed by atoms with Crippen LogP contribution in [0.5, 0.6) is 5.75 Å². The van der Waals surface area contributed by atoms with Crippen LogP contribution in [-0.2, 0) is 28.8 Å². The molecule has 0 amide bonds. The minimum absolute atomic E-state index is 0.0649. The monoisotopic (exact) mass is 525 g/mol. The van der Waals surface area contributed by atoms with E-state index in [1.165, 1.54) is 11.1 Å². The van der Waals surface area contributed by atoms with E-state index in [4.69, 9.17) is 14.6 Å². The van der Waals surface area contributed by atoms with Gasteiger partial charge in [0.25, 0.3) is 0 Å². The first kappa shape index (κ1) is 30.1. The van der Waals surface area contributed by atoms with Crippen LogP contribution in [-0.4, -0.2) is 47.1 Å². The molecule has 0 spiro atoms. The van der Waals surface area contributed by atoms with Gasteiger partial charge in [-0.3, -0.25) is 4.79 Å². The minimum atomic E-state index is -0.762. The normalized spacial score (nSPS) is 15.4. The number of rotatable bonds is 16. The number of unbranched alkanes of at least 4 members (excludes halogenated alkanes) is 1. The minimum Gasteiger partial charge on any atom is -0.491 e. The molecule has 0 radical (unpaired) electrons. The lowest BCUT2D eigenvalue weighted by atomic mass is 9.88. The van der Waals surface area contributed by atoms with Gasteiger partial charge in [-0.2, -0.15) is 0 Å². The predicted molar refractivity (Wildman–Crippen MR) is 152 cm³/mol. The van der Waals surface area contributed by atoms with E-state index in [2.05, 4.69) is 49.5 Å². The van der Waals surface area contributed by atoms with Crippen LogP contribution in [0.15, 0.2) is 42.5 Å². The summed E-state index contributed by atoms with van der Waals surface area (Å²) in [5.41, 5.74) is 5.02. The van der Waals surface area contributed by atoms with Crippen molar-refractivity contribution in [3.05, 3.63) is 64.7 Å². The van der Waals surface area contributed by atoms with E-state index in [0.29, 0.717) is 18.9 Å². The van der Waals surface area contributed by atoms with Gasteiger partial charge in [-0.05, 0) is 113 Å². The Hall–Kier alpha value is -2.41. The zero-order valence-electron chi connectivity index (χ0n) is 23.8. The summed E-state index contributed by atoms with van der Waals surface area (Å²) in [5, 5.41) is 23.2. The third-order valence-corrected chi connectivity index (χ3v) is 7.30. The van der Waals surface area contributed by atoms with Crippen LogP contribution in [0, 0.1) is 5.92 Å². The molecule has 0 saturated carbocycles. The van der Waals surface area contributed by atoms with Gasteiger partial charge in [-0.25, -0.2) is 0 Å². The molecule has 0 fully saturated rings. The molecule has 210 valence electrons. The van der Waals surface area contributed by atoms with Gasteiger partial charge >= 0.3 is 5.97 Å². The summed E-state index contributed by atoms with van der Waals surface area (Å²) in [4.78, 5) is 10.9. The Labute approximate surface area is 228 Å². The van der Waals surface area contributed by atoms with Crippen molar-refractivity contribution in [2.75, 3.05) is 13.2 Å². The summed E-state index contributed by atoms with van der Waals surface area (Å²) in [6.45, 7) is 11.1. The molecular formula is C32H47NO5. The number of β-amino-alcohol motifs (C(OH)–C–C–N with tert-alkyl or cyclic N) is 1. The van der Waals surface area contributed by atoms with E-state index in [0.717, 1.165) is 49.0 Å². The number of nitrogens with one attached hydrogen (secondary N) is 1. The topological polar surface area (TPSA) is 88.0 Å². The highest BCUT2D eigenvalue weighted by molar-refractivity contribution is 5.66. The Bertz CT molecular complexity index is 1010. The quantitative estimate of drug-likeness (QED) is 0.237. The third kappa shape index (κ3) is 9.72. The zero-order chi connectivity index (χ0) is 27.7. The standard InChI is InChI=1S/C32H47NO5/c1-22(2)38-29-15-14-25(10-8-9-13-31(35)36)30(18-29)23(3)37-21-28(34)20-33-32(4,5)19-24-16-26-11-6-7-12-27(26)17-24/h6-7,11-12,14-15,18,22-24,28,33-34H,8-10,13,16-17,19-21H2,1-5H3,(H,35,36)/t23-,28-/m1/s1. The Morgan fingerprint density at radius 3 is 2.39 bits per heavy atom. The number of carboxylic acids is 1. The summed E-state index contributed by atoms with van der Waals surface area (Å²) in [7, 11) is 0. The molecule has 2 aromatic rings. The van der Waals surface area contributed by atoms with Gasteiger partial charge in [-0.1, -0.05) is 30.3 Å². The zero-order valence-corrected chi connectivity index (χ0v) is 23.8. The number of aliphatic hydroxyl groups is 1. The average molecular weight is 526 g/mol. The second kappa shape index (κ2) is 14.1. The van der Waals surface area contributed by atoms with E-state index in [-0.39, 0.29) is 30.8 Å². The van der Waals surface area contributed by atoms with Gasteiger partial charge in [0.15, 0.2) is 0 Å². The second-order valence-electron chi connectivity index (χ2n) is 11.8. The van der Waals surface area contributed by atoms with Gasteiger partial charge in [0.05, 0.1) is 24.9 Å². The summed E-state index contributed by atoms with van der Waals surface area (Å²) >= 11 is 0. The molecule has 3 N–H and O–H groups in total. The number of aliphatic hydroxyl groups excluding tert-OH is 1. The maximum absolute atomic E-state index is 10.9. The van der Waals surface area contributed by atoms with Crippen molar-refractivity contribution in [2.24, 2.45) is 5.92 Å². The predicted octanol–water partition coefficient (Wildman–Crippen LogP) is 5.88. The van der Waals surface area contributed by atoms with E-state index < -0.39 is 12.1 Å². The number of carboxylic acid groups (broad SMARTS) is 1. The largest absolute Gasteiger partial charge is 0.491 e. The highest BCUT2D eigenvalue weighted by Gasteiger charge is 2.28. The maximum Gasteiger partial charge on any atom is 0.303 e. The van der Waals surface area contributed by atoms with Crippen LogP contribution in [0.3, 0.4) is 0 Å². The number of carbonyl (C=O) groups is 1. The van der Waals surface area contributed by atoms with E-state index in [1.54, 1.807) is 0 Å². The first-order chi connectivity index (χ1) is 18.0. The highest BCUT2D eigenvalue weighted by atomic mass is 16.5. The molecule has 3 rings (SSSR count). The van der Waals surface area contributed by atoms with Crippen LogP contribution in [0.1, 0.15) is 88.7 Å². The molecule has 0 bridgehead atoms. The number of aryl methyl sites for hydroxylation is 1. The molecule has 2 atom stereocenters. The number of benzene rings is 2. The molecule has 38 heavy (non-hydrogen) atoms. The molecule has 0 aliphatic heterocycles. The maximum atomic E-state index is 10.9. The number of hydrogen-bond acceptors (Lipinski definition) is 5. The van der Waals surface area contributed by atoms with E-state index >= 15 is 0 Å². The molecule has 2 aromatic carbocycles. The summed E-state index contributed by atoms with van der Waals surface area (Å²) in [5.74, 6) is 0.650. The smallest absolute Gasteiger partial charge is 0.303 e. The van der Waals surface area contributed by atoms with Crippen LogP contribution in [0.4, 0.5) is 0 Å². The van der Waals surface area contributed by atoms with Gasteiger partial charge < -0.3 is 25.0 Å². The molecule has 0 aromatic heterocycles. The summed E-state index contributed by atoms with van der Waals surface area (Å²) in [6.07, 6.45) is 4.93. The van der Waals surface area contributed by atoms with Crippen LogP contribution < -0.4 is 10.1 Å². The average Bonchev–Trinajstić information content (AvgIpc) is 3.25. The van der Waals surface area contributed by atoms with Gasteiger partial charge in [0, 0.05) is 18.5 Å². The molecular weight excluding hydrogens is 478 g/mol. The van der Waals surface area contributed by atoms with E-state index in [1.807, 2.05) is 32.9 Å². The van der Waals surface area contributed by atoms with Crippen molar-refractivity contribution in [3.8, 4) is 5.75 Å². The lowest BCUT2D eigenvalue weighted by Gasteiger charge is -2.31.